The van der Waals surface area contributed by atoms with Gasteiger partial charge < -0.3 is 5.11 Å². The van der Waals surface area contributed by atoms with Crippen LogP contribution in [0.4, 0.5) is 8.78 Å². The minimum absolute atomic E-state index is 0.253. The third-order valence-corrected chi connectivity index (χ3v) is 1.31. The molecule has 0 aliphatic rings. The highest BCUT2D eigenvalue weighted by atomic mass is 19.2. The molecule has 0 aliphatic heterocycles. The third kappa shape index (κ3) is 1.74. The zero-order chi connectivity index (χ0) is 9.84. The second-order valence-corrected chi connectivity index (χ2v) is 2.12. The molecule has 64 valence electrons. The summed E-state index contributed by atoms with van der Waals surface area (Å²) in [6.07, 6.45) is 0. The molecular weight excluding hydrogens is 176 g/mol. The fourth-order valence-corrected chi connectivity index (χ4v) is 0.731. The van der Waals surface area contributed by atoms with Gasteiger partial charge >= 0.3 is 0 Å². The van der Waals surface area contributed by atoms with Crippen LogP contribution in [0.2, 0.25) is 0 Å². The molecule has 0 amide bonds. The van der Waals surface area contributed by atoms with Crippen molar-refractivity contribution in [1.29, 1.82) is 5.26 Å². The lowest BCUT2D eigenvalue weighted by molar-refractivity contribution is 0.406. The van der Waals surface area contributed by atoms with E-state index in [9.17, 15) is 8.78 Å². The molecule has 1 aromatic rings. The molecule has 13 heavy (non-hydrogen) atoms. The number of phenolic OH excluding ortho intramolecular Hbond substituents is 1. The van der Waals surface area contributed by atoms with Crippen LogP contribution < -0.4 is 0 Å². The smallest absolute Gasteiger partial charge is 0.201 e. The summed E-state index contributed by atoms with van der Waals surface area (Å²) in [5.74, 6) is 0.631. The monoisotopic (exact) mass is 179 g/mol. The van der Waals surface area contributed by atoms with Crippen molar-refractivity contribution in [3.8, 4) is 23.7 Å². The lowest BCUT2D eigenvalue weighted by Gasteiger charge is -1.97. The molecule has 0 heterocycles. The highest BCUT2D eigenvalue weighted by molar-refractivity contribution is 5.42. The summed E-state index contributed by atoms with van der Waals surface area (Å²) in [4.78, 5) is 0. The average molecular weight is 179 g/mol. The Bertz CT molecular complexity index is 437. The van der Waals surface area contributed by atoms with E-state index >= 15 is 0 Å². The first kappa shape index (κ1) is 9.02. The van der Waals surface area contributed by atoms with Crippen LogP contribution in [0.3, 0.4) is 0 Å². The fourth-order valence-electron chi connectivity index (χ4n) is 0.731. The summed E-state index contributed by atoms with van der Waals surface area (Å²) in [5.41, 5.74) is -0.253. The van der Waals surface area contributed by atoms with Gasteiger partial charge in [0.1, 0.15) is 0 Å². The fraction of sp³-hybridized carbons (Fsp3) is 0. The highest BCUT2D eigenvalue weighted by Crippen LogP contribution is 2.20. The van der Waals surface area contributed by atoms with Crippen LogP contribution in [0.5, 0.6) is 5.75 Å². The maximum absolute atomic E-state index is 12.8. The van der Waals surface area contributed by atoms with Gasteiger partial charge in [-0.25, -0.2) is 4.39 Å². The van der Waals surface area contributed by atoms with Crippen LogP contribution in [-0.2, 0) is 0 Å². The van der Waals surface area contributed by atoms with E-state index in [0.717, 1.165) is 12.1 Å². The average Bonchev–Trinajstić information content (AvgIpc) is 2.13. The van der Waals surface area contributed by atoms with Gasteiger partial charge in [-0.2, -0.15) is 9.65 Å². The molecule has 1 rings (SSSR count). The van der Waals surface area contributed by atoms with Crippen molar-refractivity contribution in [3.63, 3.8) is 0 Å². The summed E-state index contributed by atoms with van der Waals surface area (Å²) in [5, 5.41) is 16.8. The highest BCUT2D eigenvalue weighted by Gasteiger charge is 2.10. The van der Waals surface area contributed by atoms with E-state index in [1.165, 1.54) is 6.07 Å². The number of halogens is 2. The Kier molecular flexibility index (Phi) is 2.47. The number of hydrogen-bond donors (Lipinski definition) is 1. The van der Waals surface area contributed by atoms with Crippen LogP contribution in [-0.4, -0.2) is 5.11 Å². The zero-order valence-electron chi connectivity index (χ0n) is 6.31. The Morgan fingerprint density at radius 1 is 1.23 bits per heavy atom. The van der Waals surface area contributed by atoms with Crippen LogP contribution in [0.15, 0.2) is 12.1 Å². The van der Waals surface area contributed by atoms with Gasteiger partial charge in [0, 0.05) is 5.92 Å². The standard InChI is InChI=1S/C9H3F2NO/c10-8-6(2-1-5-12)3-4-7(13)9(8)11/h3-4,13H. The summed E-state index contributed by atoms with van der Waals surface area (Å²) in [7, 11) is 0. The molecule has 0 saturated heterocycles. The van der Waals surface area contributed by atoms with Crippen LogP contribution in [0, 0.1) is 34.8 Å². The first-order valence-electron chi connectivity index (χ1n) is 3.24. The van der Waals surface area contributed by atoms with Gasteiger partial charge in [-0.15, -0.1) is 0 Å². The first-order valence-corrected chi connectivity index (χ1v) is 3.24. The van der Waals surface area contributed by atoms with Gasteiger partial charge in [0.15, 0.2) is 17.6 Å². The predicted molar refractivity (Wildman–Crippen MR) is 40.5 cm³/mol. The maximum Gasteiger partial charge on any atom is 0.201 e. The van der Waals surface area contributed by atoms with Gasteiger partial charge in [-0.05, 0) is 18.1 Å². The van der Waals surface area contributed by atoms with E-state index in [1.807, 2.05) is 5.92 Å². The van der Waals surface area contributed by atoms with E-state index in [1.54, 1.807) is 0 Å². The normalized spacial score (nSPS) is 8.38. The van der Waals surface area contributed by atoms with Crippen molar-refractivity contribution in [2.24, 2.45) is 0 Å². The Morgan fingerprint density at radius 2 is 1.92 bits per heavy atom. The largest absolute Gasteiger partial charge is 0.505 e. The number of rotatable bonds is 0. The van der Waals surface area contributed by atoms with Crippen LogP contribution in [0.1, 0.15) is 5.56 Å². The van der Waals surface area contributed by atoms with E-state index in [0.29, 0.717) is 0 Å². The Balaban J connectivity index is 3.28. The number of aromatic hydroxyl groups is 1. The van der Waals surface area contributed by atoms with Gasteiger partial charge in [0.05, 0.1) is 5.56 Å². The number of phenols is 1. The summed E-state index contributed by atoms with van der Waals surface area (Å²) in [6.45, 7) is 0. The Labute approximate surface area is 73.0 Å². The topological polar surface area (TPSA) is 44.0 Å². The van der Waals surface area contributed by atoms with Gasteiger partial charge in [0.2, 0.25) is 5.82 Å². The molecule has 4 heteroatoms. The molecule has 0 unspecified atom stereocenters. The van der Waals surface area contributed by atoms with Crippen molar-refractivity contribution in [2.75, 3.05) is 0 Å². The summed E-state index contributed by atoms with van der Waals surface area (Å²) >= 11 is 0. The molecule has 1 N–H and O–H groups in total. The van der Waals surface area contributed by atoms with Gasteiger partial charge in [-0.3, -0.25) is 0 Å². The quantitative estimate of drug-likeness (QED) is 0.614. The molecule has 0 saturated carbocycles. The summed E-state index contributed by atoms with van der Waals surface area (Å²) < 4.78 is 25.5. The number of nitriles is 1. The van der Waals surface area contributed by atoms with Gasteiger partial charge in [0.25, 0.3) is 0 Å². The second-order valence-electron chi connectivity index (χ2n) is 2.12. The van der Waals surface area contributed by atoms with E-state index in [4.69, 9.17) is 10.4 Å². The SMILES string of the molecule is N#CC#Cc1ccc(O)c(F)c1F. The van der Waals surface area contributed by atoms with Crippen molar-refractivity contribution in [3.05, 3.63) is 29.3 Å². The molecular formula is C9H3F2NO. The molecule has 1 aromatic carbocycles. The molecule has 0 fully saturated rings. The van der Waals surface area contributed by atoms with E-state index in [2.05, 4.69) is 5.92 Å². The Morgan fingerprint density at radius 3 is 2.54 bits per heavy atom. The zero-order valence-corrected chi connectivity index (χ0v) is 6.31. The lowest BCUT2D eigenvalue weighted by Crippen LogP contribution is -1.89. The molecule has 2 nitrogen and oxygen atoms in total. The van der Waals surface area contributed by atoms with Crippen LogP contribution >= 0.6 is 0 Å². The van der Waals surface area contributed by atoms with Gasteiger partial charge in [-0.1, -0.05) is 0 Å². The van der Waals surface area contributed by atoms with Crippen molar-refractivity contribution < 1.29 is 13.9 Å². The maximum atomic E-state index is 12.8. The van der Waals surface area contributed by atoms with Crippen molar-refractivity contribution >= 4 is 0 Å². The van der Waals surface area contributed by atoms with E-state index in [-0.39, 0.29) is 5.56 Å². The minimum atomic E-state index is -1.36. The van der Waals surface area contributed by atoms with Crippen LogP contribution in [0.25, 0.3) is 0 Å². The van der Waals surface area contributed by atoms with Crippen molar-refractivity contribution in [2.45, 2.75) is 0 Å². The first-order chi connectivity index (χ1) is 6.16. The third-order valence-electron chi connectivity index (χ3n) is 1.31. The number of benzene rings is 1. The van der Waals surface area contributed by atoms with E-state index < -0.39 is 17.4 Å². The molecule has 0 atom stereocenters. The molecule has 0 spiro atoms. The number of nitrogens with zero attached hydrogens (tertiary/aromatic N) is 1. The summed E-state index contributed by atoms with van der Waals surface area (Å²) in [6, 6.07) is 3.53. The van der Waals surface area contributed by atoms with Crippen molar-refractivity contribution in [1.82, 2.24) is 0 Å². The second kappa shape index (κ2) is 3.55. The molecule has 0 aromatic heterocycles. The molecule has 0 aliphatic carbocycles. The molecule has 0 radical (unpaired) electrons. The predicted octanol–water partition coefficient (Wildman–Crippen LogP) is 1.55. The minimum Gasteiger partial charge on any atom is -0.505 e. The molecule has 0 bridgehead atoms. The lowest BCUT2D eigenvalue weighted by atomic mass is 10.2. The number of hydrogen-bond acceptors (Lipinski definition) is 2. The Hall–Kier alpha value is -2.07.